The zero-order valence-corrected chi connectivity index (χ0v) is 7.77. The van der Waals surface area contributed by atoms with Crippen molar-refractivity contribution in [1.82, 2.24) is 4.98 Å². The smallest absolute Gasteiger partial charge is 0.134 e. The Balaban J connectivity index is 3.00. The summed E-state index contributed by atoms with van der Waals surface area (Å²) in [4.78, 5) is 5.77. The largest absolute Gasteiger partial charge is 0.360 e. The Hall–Kier alpha value is -0.830. The van der Waals surface area contributed by atoms with E-state index in [9.17, 15) is 4.39 Å². The van der Waals surface area contributed by atoms with Crippen LogP contribution >= 0.6 is 11.6 Å². The Morgan fingerprint density at radius 1 is 1.58 bits per heavy atom. The predicted molar refractivity (Wildman–Crippen MR) is 48.1 cm³/mol. The number of nitrogens with zero attached hydrogens (tertiary/aromatic N) is 2. The van der Waals surface area contributed by atoms with E-state index in [1.54, 1.807) is 0 Å². The van der Waals surface area contributed by atoms with Crippen molar-refractivity contribution in [1.29, 1.82) is 0 Å². The van der Waals surface area contributed by atoms with Gasteiger partial charge in [-0.05, 0) is 6.92 Å². The molecule has 0 N–H and O–H groups in total. The van der Waals surface area contributed by atoms with E-state index in [-0.39, 0.29) is 11.0 Å². The van der Waals surface area contributed by atoms with Gasteiger partial charge < -0.3 is 4.90 Å². The van der Waals surface area contributed by atoms with Crippen LogP contribution in [0.3, 0.4) is 0 Å². The van der Waals surface area contributed by atoms with E-state index in [1.165, 1.54) is 12.1 Å². The zero-order chi connectivity index (χ0) is 9.14. The molecule has 0 radical (unpaired) electrons. The fraction of sp³-hybridized carbons (Fsp3) is 0.375. The van der Waals surface area contributed by atoms with Crippen LogP contribution in [0, 0.1) is 5.82 Å². The van der Waals surface area contributed by atoms with Crippen LogP contribution < -0.4 is 4.90 Å². The molecule has 0 amide bonds. The van der Waals surface area contributed by atoms with Crippen molar-refractivity contribution in [3.05, 3.63) is 23.1 Å². The molecule has 1 heterocycles. The lowest BCUT2D eigenvalue weighted by Crippen LogP contribution is -2.17. The van der Waals surface area contributed by atoms with Crippen LogP contribution in [0.4, 0.5) is 10.2 Å². The van der Waals surface area contributed by atoms with E-state index >= 15 is 0 Å². The molecular weight excluding hydrogens is 179 g/mol. The third kappa shape index (κ3) is 2.08. The van der Waals surface area contributed by atoms with E-state index < -0.39 is 0 Å². The SMILES string of the molecule is CCN(C)c1cc(F)cc(Cl)n1. The van der Waals surface area contributed by atoms with E-state index in [0.717, 1.165) is 6.54 Å². The first kappa shape index (κ1) is 9.26. The van der Waals surface area contributed by atoms with Gasteiger partial charge in [0.15, 0.2) is 0 Å². The number of anilines is 1. The molecule has 2 nitrogen and oxygen atoms in total. The molecular formula is C8H10ClFN2. The molecule has 4 heteroatoms. The van der Waals surface area contributed by atoms with Crippen molar-refractivity contribution in [3.63, 3.8) is 0 Å². The molecule has 0 unspecified atom stereocenters. The maximum atomic E-state index is 12.8. The summed E-state index contributed by atoms with van der Waals surface area (Å²) in [7, 11) is 1.83. The predicted octanol–water partition coefficient (Wildman–Crippen LogP) is 2.33. The van der Waals surface area contributed by atoms with E-state index in [0.29, 0.717) is 5.82 Å². The molecule has 0 aliphatic rings. The standard InChI is InChI=1S/C8H10ClFN2/c1-3-12(2)8-5-6(10)4-7(9)11-8/h4-5H,3H2,1-2H3. The molecule has 0 saturated heterocycles. The van der Waals surface area contributed by atoms with Crippen LogP contribution in [0.25, 0.3) is 0 Å². The molecule has 1 aromatic heterocycles. The van der Waals surface area contributed by atoms with Gasteiger partial charge in [-0.1, -0.05) is 11.6 Å². The first-order valence-corrected chi connectivity index (χ1v) is 4.05. The van der Waals surface area contributed by atoms with Crippen LogP contribution in [-0.4, -0.2) is 18.6 Å². The highest BCUT2D eigenvalue weighted by molar-refractivity contribution is 6.29. The van der Waals surface area contributed by atoms with Crippen molar-refractivity contribution >= 4 is 17.4 Å². The van der Waals surface area contributed by atoms with Crippen molar-refractivity contribution in [2.75, 3.05) is 18.5 Å². The Kier molecular flexibility index (Phi) is 2.87. The maximum Gasteiger partial charge on any atom is 0.134 e. The average Bonchev–Trinajstić information content (AvgIpc) is 2.01. The molecule has 66 valence electrons. The van der Waals surface area contributed by atoms with Crippen molar-refractivity contribution in [2.24, 2.45) is 0 Å². The highest BCUT2D eigenvalue weighted by Crippen LogP contribution is 2.15. The molecule has 0 aliphatic carbocycles. The molecule has 0 spiro atoms. The van der Waals surface area contributed by atoms with E-state index in [2.05, 4.69) is 4.98 Å². The van der Waals surface area contributed by atoms with Gasteiger partial charge in [-0.15, -0.1) is 0 Å². The molecule has 0 bridgehead atoms. The Bertz CT molecular complexity index is 258. The lowest BCUT2D eigenvalue weighted by Gasteiger charge is -2.15. The van der Waals surface area contributed by atoms with Gasteiger partial charge in [0.25, 0.3) is 0 Å². The summed E-state index contributed by atoms with van der Waals surface area (Å²) in [5.41, 5.74) is 0. The third-order valence-corrected chi connectivity index (χ3v) is 1.80. The van der Waals surface area contributed by atoms with Gasteiger partial charge in [-0.25, -0.2) is 9.37 Å². The molecule has 1 aromatic rings. The number of hydrogen-bond acceptors (Lipinski definition) is 2. The Morgan fingerprint density at radius 2 is 2.25 bits per heavy atom. The first-order chi connectivity index (χ1) is 5.63. The Labute approximate surface area is 76.0 Å². The number of rotatable bonds is 2. The molecule has 0 atom stereocenters. The van der Waals surface area contributed by atoms with Gasteiger partial charge in [0.1, 0.15) is 16.8 Å². The van der Waals surface area contributed by atoms with Gasteiger partial charge in [-0.3, -0.25) is 0 Å². The van der Waals surface area contributed by atoms with Gasteiger partial charge >= 0.3 is 0 Å². The number of halogens is 2. The fourth-order valence-electron chi connectivity index (χ4n) is 0.810. The number of hydrogen-bond donors (Lipinski definition) is 0. The van der Waals surface area contributed by atoms with Gasteiger partial charge in [-0.2, -0.15) is 0 Å². The number of pyridine rings is 1. The monoisotopic (exact) mass is 188 g/mol. The third-order valence-electron chi connectivity index (χ3n) is 1.61. The quantitative estimate of drug-likeness (QED) is 0.663. The van der Waals surface area contributed by atoms with Crippen molar-refractivity contribution in [3.8, 4) is 0 Å². The molecule has 0 fully saturated rings. The molecule has 0 aromatic carbocycles. The van der Waals surface area contributed by atoms with E-state index in [1.807, 2.05) is 18.9 Å². The summed E-state index contributed by atoms with van der Waals surface area (Å²) in [6, 6.07) is 2.55. The second-order valence-corrected chi connectivity index (χ2v) is 2.87. The van der Waals surface area contributed by atoms with Gasteiger partial charge in [0, 0.05) is 25.7 Å². The Morgan fingerprint density at radius 3 is 2.75 bits per heavy atom. The summed E-state index contributed by atoms with van der Waals surface area (Å²) >= 11 is 5.57. The summed E-state index contributed by atoms with van der Waals surface area (Å²) in [5, 5.41) is 0.185. The highest BCUT2D eigenvalue weighted by Gasteiger charge is 2.03. The molecule has 0 saturated carbocycles. The minimum Gasteiger partial charge on any atom is -0.360 e. The zero-order valence-electron chi connectivity index (χ0n) is 7.01. The second kappa shape index (κ2) is 3.72. The topological polar surface area (TPSA) is 16.1 Å². The van der Waals surface area contributed by atoms with Gasteiger partial charge in [0.05, 0.1) is 0 Å². The molecule has 0 aliphatic heterocycles. The first-order valence-electron chi connectivity index (χ1n) is 3.67. The second-order valence-electron chi connectivity index (χ2n) is 2.48. The molecule has 1 rings (SSSR count). The van der Waals surface area contributed by atoms with E-state index in [4.69, 9.17) is 11.6 Å². The van der Waals surface area contributed by atoms with Crippen molar-refractivity contribution < 1.29 is 4.39 Å². The van der Waals surface area contributed by atoms with Crippen LogP contribution in [0.2, 0.25) is 5.15 Å². The highest BCUT2D eigenvalue weighted by atomic mass is 35.5. The number of aromatic nitrogens is 1. The maximum absolute atomic E-state index is 12.8. The van der Waals surface area contributed by atoms with Gasteiger partial charge in [0.2, 0.25) is 0 Å². The average molecular weight is 189 g/mol. The van der Waals surface area contributed by atoms with Crippen LogP contribution in [0.15, 0.2) is 12.1 Å². The van der Waals surface area contributed by atoms with Crippen LogP contribution in [-0.2, 0) is 0 Å². The minimum absolute atomic E-state index is 0.185. The summed E-state index contributed by atoms with van der Waals surface area (Å²) in [5.74, 6) is 0.202. The summed E-state index contributed by atoms with van der Waals surface area (Å²) < 4.78 is 12.8. The lowest BCUT2D eigenvalue weighted by atomic mass is 10.4. The molecule has 12 heavy (non-hydrogen) atoms. The summed E-state index contributed by atoms with van der Waals surface area (Å²) in [6.07, 6.45) is 0. The normalized spacial score (nSPS) is 10.0. The lowest BCUT2D eigenvalue weighted by molar-refractivity contribution is 0.625. The van der Waals surface area contributed by atoms with Crippen LogP contribution in [0.1, 0.15) is 6.92 Å². The fourth-order valence-corrected chi connectivity index (χ4v) is 1.00. The summed E-state index contributed by atoms with van der Waals surface area (Å²) in [6.45, 7) is 2.73. The minimum atomic E-state index is -0.356. The van der Waals surface area contributed by atoms with Crippen molar-refractivity contribution in [2.45, 2.75) is 6.92 Å². The van der Waals surface area contributed by atoms with Crippen LogP contribution in [0.5, 0.6) is 0 Å².